The van der Waals surface area contributed by atoms with E-state index < -0.39 is 12.0 Å². The lowest BCUT2D eigenvalue weighted by Gasteiger charge is -2.22. The second-order valence-electron chi connectivity index (χ2n) is 3.67. The Morgan fingerprint density at radius 2 is 1.93 bits per heavy atom. The van der Waals surface area contributed by atoms with Gasteiger partial charge in [-0.2, -0.15) is 0 Å². The van der Waals surface area contributed by atoms with E-state index in [1.165, 1.54) is 4.90 Å². The van der Waals surface area contributed by atoms with Gasteiger partial charge >= 0.3 is 5.97 Å². The molecule has 0 spiro atoms. The lowest BCUT2D eigenvalue weighted by Crippen LogP contribution is -2.45. The van der Waals surface area contributed by atoms with Crippen molar-refractivity contribution < 1.29 is 14.7 Å². The largest absolute Gasteiger partial charge is 0.481 e. The quantitative estimate of drug-likeness (QED) is 0.652. The lowest BCUT2D eigenvalue weighted by atomic mass is 10.0. The summed E-state index contributed by atoms with van der Waals surface area (Å²) >= 11 is 0. The number of nitrogens with zero attached hydrogens (tertiary/aromatic N) is 1. The van der Waals surface area contributed by atoms with Crippen LogP contribution in [0, 0.1) is 5.92 Å². The predicted molar refractivity (Wildman–Crippen MR) is 52.7 cm³/mol. The van der Waals surface area contributed by atoms with E-state index in [-0.39, 0.29) is 24.8 Å². The van der Waals surface area contributed by atoms with Crippen LogP contribution in [-0.2, 0) is 9.59 Å². The fourth-order valence-corrected chi connectivity index (χ4v) is 0.913. The van der Waals surface area contributed by atoms with Gasteiger partial charge in [-0.25, -0.2) is 0 Å². The highest BCUT2D eigenvalue weighted by Gasteiger charge is 2.20. The van der Waals surface area contributed by atoms with Crippen LogP contribution < -0.4 is 5.73 Å². The molecule has 0 aliphatic carbocycles. The number of carboxylic acids is 1. The average Bonchev–Trinajstić information content (AvgIpc) is 2.11. The van der Waals surface area contributed by atoms with Gasteiger partial charge in [-0.05, 0) is 5.92 Å². The molecule has 3 N–H and O–H groups in total. The Morgan fingerprint density at radius 1 is 1.43 bits per heavy atom. The van der Waals surface area contributed by atoms with E-state index in [2.05, 4.69) is 0 Å². The molecule has 0 radical (unpaired) electrons. The van der Waals surface area contributed by atoms with Crippen LogP contribution in [0.5, 0.6) is 0 Å². The maximum atomic E-state index is 11.5. The fourth-order valence-electron chi connectivity index (χ4n) is 0.913. The van der Waals surface area contributed by atoms with E-state index in [1.807, 2.05) is 13.8 Å². The van der Waals surface area contributed by atoms with Crippen molar-refractivity contribution in [3.63, 3.8) is 0 Å². The van der Waals surface area contributed by atoms with Crippen LogP contribution in [-0.4, -0.2) is 41.5 Å². The summed E-state index contributed by atoms with van der Waals surface area (Å²) in [5.74, 6) is -1.06. The average molecular weight is 202 g/mol. The number of likely N-dealkylation sites (N-methyl/N-ethyl adjacent to an activating group) is 1. The van der Waals surface area contributed by atoms with Crippen molar-refractivity contribution in [2.75, 3.05) is 13.6 Å². The molecule has 82 valence electrons. The zero-order chi connectivity index (χ0) is 11.3. The van der Waals surface area contributed by atoms with Gasteiger partial charge < -0.3 is 15.7 Å². The van der Waals surface area contributed by atoms with Crippen LogP contribution in [0.1, 0.15) is 20.3 Å². The van der Waals surface area contributed by atoms with Gasteiger partial charge in [0.1, 0.15) is 0 Å². The van der Waals surface area contributed by atoms with Crippen LogP contribution in [0.3, 0.4) is 0 Å². The smallest absolute Gasteiger partial charge is 0.305 e. The molecular weight excluding hydrogens is 184 g/mol. The molecule has 0 aromatic carbocycles. The summed E-state index contributed by atoms with van der Waals surface area (Å²) in [5.41, 5.74) is 5.63. The molecule has 0 aliphatic heterocycles. The predicted octanol–water partition coefficient (Wildman–Crippen LogP) is -0.0972. The third-order valence-electron chi connectivity index (χ3n) is 2.04. The number of amides is 1. The molecule has 0 saturated heterocycles. The maximum Gasteiger partial charge on any atom is 0.305 e. The first kappa shape index (κ1) is 12.9. The van der Waals surface area contributed by atoms with Crippen LogP contribution in [0.15, 0.2) is 0 Å². The molecule has 0 rings (SSSR count). The molecule has 0 bridgehead atoms. The monoisotopic (exact) mass is 202 g/mol. The van der Waals surface area contributed by atoms with Gasteiger partial charge in [0.2, 0.25) is 5.91 Å². The Balaban J connectivity index is 4.05. The van der Waals surface area contributed by atoms with E-state index in [9.17, 15) is 9.59 Å². The van der Waals surface area contributed by atoms with E-state index in [0.717, 1.165) is 0 Å². The van der Waals surface area contributed by atoms with Gasteiger partial charge in [0.25, 0.3) is 0 Å². The molecule has 0 aliphatic rings. The van der Waals surface area contributed by atoms with Crippen molar-refractivity contribution in [2.24, 2.45) is 11.7 Å². The molecule has 1 atom stereocenters. The Hall–Kier alpha value is -1.10. The van der Waals surface area contributed by atoms with Crippen molar-refractivity contribution in [1.82, 2.24) is 4.90 Å². The normalized spacial score (nSPS) is 12.6. The first-order chi connectivity index (χ1) is 6.36. The third-order valence-corrected chi connectivity index (χ3v) is 2.04. The topological polar surface area (TPSA) is 83.6 Å². The van der Waals surface area contributed by atoms with Gasteiger partial charge in [0.05, 0.1) is 12.5 Å². The van der Waals surface area contributed by atoms with E-state index in [0.29, 0.717) is 0 Å². The third kappa shape index (κ3) is 4.23. The van der Waals surface area contributed by atoms with Crippen molar-refractivity contribution in [3.8, 4) is 0 Å². The number of carboxylic acid groups (broad SMARTS) is 1. The Labute approximate surface area is 83.9 Å². The van der Waals surface area contributed by atoms with E-state index in [4.69, 9.17) is 10.8 Å². The van der Waals surface area contributed by atoms with Gasteiger partial charge in [0, 0.05) is 13.6 Å². The minimum absolute atomic E-state index is 0.0486. The number of rotatable bonds is 5. The fraction of sp³-hybridized carbons (Fsp3) is 0.778. The van der Waals surface area contributed by atoms with Gasteiger partial charge in [-0.3, -0.25) is 9.59 Å². The van der Waals surface area contributed by atoms with E-state index in [1.54, 1.807) is 7.05 Å². The van der Waals surface area contributed by atoms with Crippen LogP contribution >= 0.6 is 0 Å². The molecule has 14 heavy (non-hydrogen) atoms. The summed E-state index contributed by atoms with van der Waals surface area (Å²) in [4.78, 5) is 23.1. The molecule has 0 heterocycles. The first-order valence-corrected chi connectivity index (χ1v) is 4.58. The number of hydrogen-bond acceptors (Lipinski definition) is 3. The zero-order valence-corrected chi connectivity index (χ0v) is 8.86. The SMILES string of the molecule is CC(C)C(N)C(=O)N(C)CCC(=O)O. The Bertz CT molecular complexity index is 216. The standard InChI is InChI=1S/C9H18N2O3/c1-6(2)8(10)9(14)11(3)5-4-7(12)13/h6,8H,4-5,10H2,1-3H3,(H,12,13). The number of aliphatic carboxylic acids is 1. The van der Waals surface area contributed by atoms with Gasteiger partial charge in [-0.15, -0.1) is 0 Å². The lowest BCUT2D eigenvalue weighted by molar-refractivity contribution is -0.138. The van der Waals surface area contributed by atoms with Gasteiger partial charge in [-0.1, -0.05) is 13.8 Å². The minimum atomic E-state index is -0.914. The minimum Gasteiger partial charge on any atom is -0.481 e. The molecule has 0 aromatic heterocycles. The van der Waals surface area contributed by atoms with Crippen LogP contribution in [0.25, 0.3) is 0 Å². The Kier molecular flexibility index (Phi) is 5.15. The van der Waals surface area contributed by atoms with Crippen molar-refractivity contribution in [3.05, 3.63) is 0 Å². The molecule has 0 saturated carbocycles. The highest BCUT2D eigenvalue weighted by Crippen LogP contribution is 2.02. The molecule has 1 amide bonds. The second kappa shape index (κ2) is 5.59. The summed E-state index contributed by atoms with van der Waals surface area (Å²) in [6, 6.07) is -0.547. The first-order valence-electron chi connectivity index (χ1n) is 4.58. The van der Waals surface area contributed by atoms with E-state index >= 15 is 0 Å². The number of carbonyl (C=O) groups excluding carboxylic acids is 1. The summed E-state index contributed by atoms with van der Waals surface area (Å²) in [5, 5.41) is 8.42. The second-order valence-corrected chi connectivity index (χ2v) is 3.67. The van der Waals surface area contributed by atoms with Gasteiger partial charge in [0.15, 0.2) is 0 Å². The molecule has 1 unspecified atom stereocenters. The van der Waals surface area contributed by atoms with Crippen LogP contribution in [0.4, 0.5) is 0 Å². The highest BCUT2D eigenvalue weighted by molar-refractivity contribution is 5.82. The number of hydrogen-bond donors (Lipinski definition) is 2. The highest BCUT2D eigenvalue weighted by atomic mass is 16.4. The molecule has 0 fully saturated rings. The molecular formula is C9H18N2O3. The van der Waals surface area contributed by atoms with Crippen LogP contribution in [0.2, 0.25) is 0 Å². The number of carbonyl (C=O) groups is 2. The zero-order valence-electron chi connectivity index (χ0n) is 8.86. The molecule has 5 heteroatoms. The van der Waals surface area contributed by atoms with Crippen molar-refractivity contribution in [2.45, 2.75) is 26.3 Å². The number of nitrogens with two attached hydrogens (primary N) is 1. The Morgan fingerprint density at radius 3 is 2.29 bits per heavy atom. The molecule has 0 aromatic rings. The summed E-state index contributed by atoms with van der Waals surface area (Å²) in [7, 11) is 1.56. The summed E-state index contributed by atoms with van der Waals surface area (Å²) in [6.07, 6.45) is -0.0486. The van der Waals surface area contributed by atoms with Crippen molar-refractivity contribution >= 4 is 11.9 Å². The summed E-state index contributed by atoms with van der Waals surface area (Å²) in [6.45, 7) is 3.91. The van der Waals surface area contributed by atoms with Crippen molar-refractivity contribution in [1.29, 1.82) is 0 Å². The molecule has 5 nitrogen and oxygen atoms in total. The summed E-state index contributed by atoms with van der Waals surface area (Å²) < 4.78 is 0. The maximum absolute atomic E-state index is 11.5.